The van der Waals surface area contributed by atoms with E-state index in [0.717, 1.165) is 78.3 Å². The molecule has 438 valence electrons. The van der Waals surface area contributed by atoms with Crippen molar-refractivity contribution in [2.45, 2.75) is 171 Å². The molecule has 9 atom stereocenters. The Hall–Kier alpha value is -7.18. The molecule has 0 radical (unpaired) electrons. The molecule has 2 aliphatic heterocycles. The van der Waals surface area contributed by atoms with E-state index in [2.05, 4.69) is 31.9 Å². The summed E-state index contributed by atoms with van der Waals surface area (Å²) in [5, 5.41) is 17.4. The molecule has 0 aromatic heterocycles. The van der Waals surface area contributed by atoms with Gasteiger partial charge in [0.15, 0.2) is 11.6 Å². The molecule has 2 saturated heterocycles. The van der Waals surface area contributed by atoms with Gasteiger partial charge in [-0.25, -0.2) is 0 Å². The molecule has 0 bridgehead atoms. The van der Waals surface area contributed by atoms with Crippen molar-refractivity contribution in [1.29, 1.82) is 0 Å². The van der Waals surface area contributed by atoms with Gasteiger partial charge in [0.2, 0.25) is 35.4 Å². The quantitative estimate of drug-likeness (QED) is 0.0499. The Bertz CT molecular complexity index is 2990. The van der Waals surface area contributed by atoms with Crippen LogP contribution in [0.15, 0.2) is 84.0 Å². The maximum absolute atomic E-state index is 14.6. The molecular formula is C64H80N6O12. The van der Waals surface area contributed by atoms with Crippen molar-refractivity contribution in [2.24, 2.45) is 11.8 Å². The summed E-state index contributed by atoms with van der Waals surface area (Å²) >= 11 is 0. The smallest absolute Gasteiger partial charge is 0.248 e. The molecule has 18 heteroatoms. The lowest BCUT2D eigenvalue weighted by Crippen LogP contribution is -2.57. The van der Waals surface area contributed by atoms with E-state index < -0.39 is 65.0 Å². The first-order valence-corrected chi connectivity index (χ1v) is 29.3. The maximum Gasteiger partial charge on any atom is 0.248 e. The number of carbonyl (C=O) groups is 8. The summed E-state index contributed by atoms with van der Waals surface area (Å²) in [6.07, 6.45) is 11.6. The number of amides is 6. The summed E-state index contributed by atoms with van der Waals surface area (Å²) < 4.78 is 22.5. The van der Waals surface area contributed by atoms with Crippen LogP contribution in [0.4, 0.5) is 0 Å². The average molecular weight is 1130 g/mol. The number of epoxide rings is 2. The number of Topliss-reactive ketones (excluding diaryl/α,β-unsaturated/α-hetero) is 2. The van der Waals surface area contributed by atoms with Crippen LogP contribution in [0, 0.1) is 11.8 Å². The molecule has 6 amide bonds. The van der Waals surface area contributed by atoms with Crippen LogP contribution in [-0.2, 0) is 67.1 Å². The predicted octanol–water partition coefficient (Wildman–Crippen LogP) is 5.76. The first kappa shape index (κ1) is 59.4. The lowest BCUT2D eigenvalue weighted by molar-refractivity contribution is -0.134. The number of hydrogen-bond donors (Lipinski definition) is 6. The summed E-state index contributed by atoms with van der Waals surface area (Å²) in [6.45, 7) is 7.01. The number of allylic oxidation sites excluding steroid dienone is 2. The topological polar surface area (TPSA) is 252 Å². The predicted molar refractivity (Wildman–Crippen MR) is 306 cm³/mol. The van der Waals surface area contributed by atoms with Gasteiger partial charge in [-0.05, 0) is 148 Å². The second-order valence-corrected chi connectivity index (χ2v) is 23.8. The summed E-state index contributed by atoms with van der Waals surface area (Å²) in [5.41, 5.74) is 4.37. The Balaban J connectivity index is 0.895. The average Bonchev–Trinajstić information content (AvgIpc) is 4.02. The molecule has 18 nitrogen and oxygen atoms in total. The molecule has 0 spiro atoms. The number of methoxy groups -OCH3 is 2. The molecule has 3 aromatic carbocycles. The van der Waals surface area contributed by atoms with Gasteiger partial charge in [0.25, 0.3) is 0 Å². The van der Waals surface area contributed by atoms with E-state index in [9.17, 15) is 38.4 Å². The largest absolute Gasteiger partial charge is 0.497 e. The zero-order chi connectivity index (χ0) is 58.3. The molecule has 9 rings (SSSR count). The van der Waals surface area contributed by atoms with Crippen molar-refractivity contribution < 1.29 is 57.3 Å². The monoisotopic (exact) mass is 1120 g/mol. The van der Waals surface area contributed by atoms with E-state index in [-0.39, 0.29) is 73.7 Å². The van der Waals surface area contributed by atoms with Crippen molar-refractivity contribution in [3.05, 3.63) is 112 Å². The standard InChI is InChI=1S/C64H80N6O12/c1-37-47-18-12-11-17-44(47)33-48(37)60(76)65-34-55(71)67-52(30-40-20-24-46(79-5)25-21-40)61(77)69-51(57(73)64(4)36-82-64)31-41-19-23-45(27-41)49-28-42(22-26-54(49)80-6)32-53(70-58(74)38(2)66-59(75)43-15-9-10-16-43)62(78)68-50(29-39-13-7-8-14-39)56(72)63(3)35-81-63/h11-12,15,17-18,20-22,24-26,28,38-39,41,45,50-53H,7-10,13-14,16,19,23,27,29-36H2,1-6H3,(H,65,76)(H,66,75)(H,67,71)(H,68,78)(H,69,77)(H,70,74). The van der Waals surface area contributed by atoms with Gasteiger partial charge in [-0.3, -0.25) is 38.4 Å². The number of hydrogen-bond acceptors (Lipinski definition) is 12. The minimum absolute atomic E-state index is 0.0413. The van der Waals surface area contributed by atoms with Crippen molar-refractivity contribution in [3.63, 3.8) is 0 Å². The fourth-order valence-electron chi connectivity index (χ4n) is 12.4. The van der Waals surface area contributed by atoms with Gasteiger partial charge in [-0.2, -0.15) is 0 Å². The summed E-state index contributed by atoms with van der Waals surface area (Å²) in [7, 11) is 3.14. The molecule has 9 unspecified atom stereocenters. The molecular weight excluding hydrogens is 1040 g/mol. The van der Waals surface area contributed by atoms with Gasteiger partial charge >= 0.3 is 0 Å². The van der Waals surface area contributed by atoms with Crippen LogP contribution in [0.2, 0.25) is 0 Å². The van der Waals surface area contributed by atoms with Crippen LogP contribution in [0.25, 0.3) is 5.57 Å². The lowest BCUT2D eigenvalue weighted by Gasteiger charge is -2.27. The van der Waals surface area contributed by atoms with Crippen LogP contribution in [0.5, 0.6) is 11.5 Å². The summed E-state index contributed by atoms with van der Waals surface area (Å²) in [4.78, 5) is 111. The zero-order valence-corrected chi connectivity index (χ0v) is 48.2. The first-order valence-electron chi connectivity index (χ1n) is 29.3. The highest BCUT2D eigenvalue weighted by molar-refractivity contribution is 6.05. The third-order valence-electron chi connectivity index (χ3n) is 17.7. The number of fused-ring (bicyclic) bond motifs is 1. The zero-order valence-electron chi connectivity index (χ0n) is 48.2. The van der Waals surface area contributed by atoms with Gasteiger partial charge < -0.3 is 50.8 Å². The van der Waals surface area contributed by atoms with Gasteiger partial charge in [0.05, 0.1) is 46.1 Å². The Kier molecular flexibility index (Phi) is 18.8. The van der Waals surface area contributed by atoms with E-state index in [0.29, 0.717) is 61.2 Å². The third-order valence-corrected chi connectivity index (χ3v) is 17.7. The van der Waals surface area contributed by atoms with Gasteiger partial charge in [-0.1, -0.05) is 80.3 Å². The van der Waals surface area contributed by atoms with Crippen LogP contribution < -0.4 is 41.4 Å². The number of benzene rings is 3. The van der Waals surface area contributed by atoms with E-state index in [1.54, 1.807) is 59.3 Å². The third kappa shape index (κ3) is 14.5. The van der Waals surface area contributed by atoms with E-state index in [1.165, 1.54) is 0 Å². The number of carbonyl (C=O) groups excluding carboxylic acids is 8. The van der Waals surface area contributed by atoms with E-state index in [1.807, 2.05) is 55.5 Å². The molecule has 2 heterocycles. The highest BCUT2D eigenvalue weighted by atomic mass is 16.6. The van der Waals surface area contributed by atoms with Crippen LogP contribution in [-0.4, -0.2) is 122 Å². The maximum atomic E-state index is 14.6. The van der Waals surface area contributed by atoms with Crippen LogP contribution in [0.1, 0.15) is 138 Å². The van der Waals surface area contributed by atoms with Crippen molar-refractivity contribution in [3.8, 4) is 11.5 Å². The number of ketones is 2. The number of rotatable bonds is 27. The molecule has 2 saturated carbocycles. The van der Waals surface area contributed by atoms with Gasteiger partial charge in [-0.15, -0.1) is 0 Å². The van der Waals surface area contributed by atoms with E-state index in [4.69, 9.17) is 18.9 Å². The molecule has 6 aliphatic rings. The lowest BCUT2D eigenvalue weighted by atomic mass is 9.88. The highest BCUT2D eigenvalue weighted by Gasteiger charge is 2.52. The Labute approximate surface area is 480 Å². The number of ether oxygens (including phenoxy) is 4. The molecule has 4 aliphatic carbocycles. The highest BCUT2D eigenvalue weighted by Crippen LogP contribution is 2.45. The second-order valence-electron chi connectivity index (χ2n) is 23.8. The Morgan fingerprint density at radius 1 is 0.659 bits per heavy atom. The molecule has 82 heavy (non-hydrogen) atoms. The van der Waals surface area contributed by atoms with Crippen LogP contribution >= 0.6 is 0 Å². The van der Waals surface area contributed by atoms with E-state index >= 15 is 0 Å². The molecule has 6 N–H and O–H groups in total. The summed E-state index contributed by atoms with van der Waals surface area (Å²) in [6, 6.07) is 15.6. The number of nitrogens with one attached hydrogen (secondary N) is 6. The van der Waals surface area contributed by atoms with Crippen molar-refractivity contribution >= 4 is 52.6 Å². The molecule has 3 aromatic rings. The molecule has 4 fully saturated rings. The van der Waals surface area contributed by atoms with Gasteiger partial charge in [0, 0.05) is 30.4 Å². The minimum atomic E-state index is -1.13. The fraction of sp³-hybridized carbons (Fsp3) is 0.531. The Morgan fingerprint density at radius 3 is 1.88 bits per heavy atom. The van der Waals surface area contributed by atoms with Crippen molar-refractivity contribution in [1.82, 2.24) is 31.9 Å². The first-order chi connectivity index (χ1) is 39.3. The Morgan fingerprint density at radius 2 is 1.27 bits per heavy atom. The van der Waals surface area contributed by atoms with Gasteiger partial charge in [0.1, 0.15) is 40.8 Å². The fourth-order valence-corrected chi connectivity index (χ4v) is 12.4. The minimum Gasteiger partial charge on any atom is -0.497 e. The normalized spacial score (nSPS) is 23.5. The SMILES string of the molecule is COc1ccc(CC(NC(=O)CNC(=O)C2=C(C)c3ccccc3C2)C(=O)NC(CC2CCC(c3cc(CC(NC(=O)C(C)NC(=O)C4=CCCC4)C(=O)NC(CC4CCCC4)C(=O)C4(C)CO4)ccc3OC)C2)C(=O)C2(C)CO2)cc1. The second kappa shape index (κ2) is 25.9. The van der Waals surface area contributed by atoms with Crippen molar-refractivity contribution in [2.75, 3.05) is 34.0 Å². The van der Waals surface area contributed by atoms with Crippen LogP contribution in [0.3, 0.4) is 0 Å². The summed E-state index contributed by atoms with van der Waals surface area (Å²) in [5.74, 6) is -1.93.